The van der Waals surface area contributed by atoms with E-state index in [4.69, 9.17) is 9.15 Å². The summed E-state index contributed by atoms with van der Waals surface area (Å²) < 4.78 is 11.0. The van der Waals surface area contributed by atoms with E-state index in [2.05, 4.69) is 21.0 Å². The summed E-state index contributed by atoms with van der Waals surface area (Å²) in [5.41, 5.74) is 4.44. The first-order chi connectivity index (χ1) is 22.6. The molecule has 0 unspecified atom stereocenters. The number of hydrazine groups is 1. The number of urea groups is 1. The van der Waals surface area contributed by atoms with Crippen molar-refractivity contribution in [3.05, 3.63) is 89.6 Å². The zero-order valence-electron chi connectivity index (χ0n) is 29.4. The van der Waals surface area contributed by atoms with Gasteiger partial charge in [0.1, 0.15) is 17.9 Å². The first-order valence-corrected chi connectivity index (χ1v) is 16.4. The predicted octanol–water partition coefficient (Wildman–Crippen LogP) is 4.99. The fourth-order valence-electron chi connectivity index (χ4n) is 4.91. The maximum absolute atomic E-state index is 13.8. The van der Waals surface area contributed by atoms with Crippen LogP contribution in [0.3, 0.4) is 0 Å². The number of hydrogen-bond donors (Lipinski definition) is 4. The molecular weight excluding hydrogens is 612 g/mol. The Labute approximate surface area is 284 Å². The summed E-state index contributed by atoms with van der Waals surface area (Å²) in [6.45, 7) is 13.4. The fraction of sp³-hybridized carbons (Fsp3) is 0.500. The molecule has 262 valence electrons. The molecule has 1 aromatic heterocycles. The highest BCUT2D eigenvalue weighted by Gasteiger charge is 2.31. The maximum Gasteiger partial charge on any atom is 0.422 e. The highest BCUT2D eigenvalue weighted by Crippen LogP contribution is 2.15. The molecule has 12 nitrogen and oxygen atoms in total. The predicted molar refractivity (Wildman–Crippen MR) is 184 cm³/mol. The standard InChI is InChI=1S/C36H52N6O6/c1-24(2)31(39-34(45)41(8)21-28-23-47-33(37-28)25(3)4)32(44)38-29(19-26-15-11-9-12-16-26)30(43)22-42(20-27-17-13-10-14-18-27)40-35(46)48-36(5,6)7/h9-18,23-25,29-31,43H,19-22H2,1-8H3,(H,38,44)(H,39,45)(H,40,46)/t29-,30-,31-/m0/s1. The molecule has 48 heavy (non-hydrogen) atoms. The monoisotopic (exact) mass is 664 g/mol. The second-order valence-corrected chi connectivity index (χ2v) is 13.7. The number of aromatic nitrogens is 1. The van der Waals surface area contributed by atoms with Crippen molar-refractivity contribution in [2.45, 2.75) is 97.7 Å². The maximum atomic E-state index is 13.8. The zero-order valence-corrected chi connectivity index (χ0v) is 29.4. The van der Waals surface area contributed by atoms with Crippen LogP contribution in [0.1, 0.15) is 77.1 Å². The summed E-state index contributed by atoms with van der Waals surface area (Å²) in [5.74, 6) is -0.000623. The van der Waals surface area contributed by atoms with Gasteiger partial charge in [-0.25, -0.2) is 19.6 Å². The number of amides is 4. The Morgan fingerprint density at radius 3 is 2.06 bits per heavy atom. The van der Waals surface area contributed by atoms with Gasteiger partial charge in [-0.05, 0) is 44.2 Å². The van der Waals surface area contributed by atoms with Crippen molar-refractivity contribution >= 4 is 18.0 Å². The van der Waals surface area contributed by atoms with Crippen molar-refractivity contribution in [2.75, 3.05) is 13.6 Å². The topological polar surface area (TPSA) is 149 Å². The van der Waals surface area contributed by atoms with Gasteiger partial charge < -0.3 is 29.8 Å². The summed E-state index contributed by atoms with van der Waals surface area (Å²) in [5, 5.41) is 19.1. The SMILES string of the molecule is CC(C)c1nc(CN(C)C(=O)N[C@H](C(=O)N[C@@H](Cc2ccccc2)[C@@H](O)CN(Cc2ccccc2)NC(=O)OC(C)(C)C)C(C)C)co1. The number of aliphatic hydroxyl groups excluding tert-OH is 1. The van der Waals surface area contributed by atoms with Crippen molar-refractivity contribution in [1.82, 2.24) is 31.0 Å². The Balaban J connectivity index is 1.77. The molecule has 12 heteroatoms. The van der Waals surface area contributed by atoms with Crippen molar-refractivity contribution in [3.8, 4) is 0 Å². The third-order valence-electron chi connectivity index (χ3n) is 7.40. The quantitative estimate of drug-likeness (QED) is 0.166. The number of nitrogens with zero attached hydrogens (tertiary/aromatic N) is 3. The number of carbonyl (C=O) groups is 3. The smallest absolute Gasteiger partial charge is 0.422 e. The largest absolute Gasteiger partial charge is 0.448 e. The molecule has 3 atom stereocenters. The number of aliphatic hydroxyl groups is 1. The molecule has 4 amide bonds. The summed E-state index contributed by atoms with van der Waals surface area (Å²) in [6.07, 6.45) is 0.0518. The van der Waals surface area contributed by atoms with E-state index in [0.29, 0.717) is 18.0 Å². The fourth-order valence-corrected chi connectivity index (χ4v) is 4.91. The van der Waals surface area contributed by atoms with Gasteiger partial charge >= 0.3 is 12.1 Å². The van der Waals surface area contributed by atoms with Crippen LogP contribution >= 0.6 is 0 Å². The number of nitrogens with one attached hydrogen (secondary N) is 3. The summed E-state index contributed by atoms with van der Waals surface area (Å²) in [4.78, 5) is 45.7. The molecule has 3 rings (SSSR count). The minimum absolute atomic E-state index is 0.0244. The van der Waals surface area contributed by atoms with Crippen LogP contribution in [-0.4, -0.2) is 75.4 Å². The highest BCUT2D eigenvalue weighted by molar-refractivity contribution is 5.87. The van der Waals surface area contributed by atoms with Gasteiger partial charge in [0.25, 0.3) is 0 Å². The molecule has 0 fully saturated rings. The molecule has 0 saturated heterocycles. The number of benzene rings is 2. The van der Waals surface area contributed by atoms with Gasteiger partial charge in [-0.3, -0.25) is 10.2 Å². The van der Waals surface area contributed by atoms with Crippen LogP contribution in [-0.2, 0) is 29.0 Å². The molecule has 0 aliphatic heterocycles. The van der Waals surface area contributed by atoms with E-state index in [9.17, 15) is 19.5 Å². The number of rotatable bonds is 15. The molecule has 0 aliphatic carbocycles. The molecular formula is C36H52N6O6. The first kappa shape index (κ1) is 38.0. The zero-order chi connectivity index (χ0) is 35.4. The number of hydrogen-bond acceptors (Lipinski definition) is 8. The summed E-state index contributed by atoms with van der Waals surface area (Å²) in [6, 6.07) is 16.9. The lowest BCUT2D eigenvalue weighted by Gasteiger charge is -2.32. The molecule has 0 radical (unpaired) electrons. The van der Waals surface area contributed by atoms with Crippen LogP contribution in [0.2, 0.25) is 0 Å². The van der Waals surface area contributed by atoms with E-state index >= 15 is 0 Å². The second-order valence-electron chi connectivity index (χ2n) is 13.7. The molecule has 0 spiro atoms. The van der Waals surface area contributed by atoms with E-state index in [0.717, 1.165) is 11.1 Å². The molecule has 1 heterocycles. The van der Waals surface area contributed by atoms with E-state index in [1.807, 2.05) is 88.4 Å². The van der Waals surface area contributed by atoms with Crippen LogP contribution in [0.4, 0.5) is 9.59 Å². The van der Waals surface area contributed by atoms with Crippen LogP contribution in [0.5, 0.6) is 0 Å². The third kappa shape index (κ3) is 12.6. The second kappa shape index (κ2) is 17.7. The Morgan fingerprint density at radius 2 is 1.52 bits per heavy atom. The lowest BCUT2D eigenvalue weighted by Crippen LogP contribution is -2.58. The van der Waals surface area contributed by atoms with Gasteiger partial charge in [0, 0.05) is 26.1 Å². The normalized spacial score (nSPS) is 13.6. The average molecular weight is 665 g/mol. The van der Waals surface area contributed by atoms with Crippen molar-refractivity contribution in [2.24, 2.45) is 5.92 Å². The molecule has 2 aromatic carbocycles. The van der Waals surface area contributed by atoms with Gasteiger partial charge in [0.05, 0.1) is 24.4 Å². The van der Waals surface area contributed by atoms with Crippen LogP contribution in [0.15, 0.2) is 71.3 Å². The lowest BCUT2D eigenvalue weighted by atomic mass is 9.98. The Kier molecular flexibility index (Phi) is 14.0. The van der Waals surface area contributed by atoms with Gasteiger partial charge in [-0.15, -0.1) is 0 Å². The minimum Gasteiger partial charge on any atom is -0.448 e. The summed E-state index contributed by atoms with van der Waals surface area (Å²) in [7, 11) is 1.62. The van der Waals surface area contributed by atoms with Gasteiger partial charge in [0.2, 0.25) is 5.91 Å². The van der Waals surface area contributed by atoms with Crippen molar-refractivity contribution < 1.29 is 28.6 Å². The molecule has 0 aliphatic rings. The van der Waals surface area contributed by atoms with Crippen molar-refractivity contribution in [1.29, 1.82) is 0 Å². The number of oxazole rings is 1. The molecule has 3 aromatic rings. The minimum atomic E-state index is -1.12. The van der Waals surface area contributed by atoms with Gasteiger partial charge in [0.15, 0.2) is 5.89 Å². The van der Waals surface area contributed by atoms with E-state index in [1.165, 1.54) is 11.2 Å². The van der Waals surface area contributed by atoms with E-state index < -0.39 is 41.8 Å². The van der Waals surface area contributed by atoms with E-state index in [1.54, 1.807) is 32.8 Å². The Bertz CT molecular complexity index is 1440. The van der Waals surface area contributed by atoms with Gasteiger partial charge in [-0.2, -0.15) is 0 Å². The third-order valence-corrected chi connectivity index (χ3v) is 7.40. The van der Waals surface area contributed by atoms with Gasteiger partial charge in [-0.1, -0.05) is 88.4 Å². The molecule has 4 N–H and O–H groups in total. The molecule has 0 bridgehead atoms. The van der Waals surface area contributed by atoms with E-state index in [-0.39, 0.29) is 31.5 Å². The number of carbonyl (C=O) groups excluding carboxylic acids is 3. The van der Waals surface area contributed by atoms with Crippen LogP contribution in [0.25, 0.3) is 0 Å². The Morgan fingerprint density at radius 1 is 0.917 bits per heavy atom. The van der Waals surface area contributed by atoms with Crippen LogP contribution < -0.4 is 16.1 Å². The van der Waals surface area contributed by atoms with Crippen LogP contribution in [0, 0.1) is 5.92 Å². The summed E-state index contributed by atoms with van der Waals surface area (Å²) >= 11 is 0. The lowest BCUT2D eigenvalue weighted by molar-refractivity contribution is -0.125. The van der Waals surface area contributed by atoms with Crippen molar-refractivity contribution in [3.63, 3.8) is 0 Å². The number of ether oxygens (including phenoxy) is 1. The average Bonchev–Trinajstić information content (AvgIpc) is 3.48. The first-order valence-electron chi connectivity index (χ1n) is 16.4. The molecule has 0 saturated carbocycles. The highest BCUT2D eigenvalue weighted by atomic mass is 16.6. The Hall–Kier alpha value is -4.42.